The van der Waals surface area contributed by atoms with Gasteiger partial charge < -0.3 is 9.32 Å². The van der Waals surface area contributed by atoms with Gasteiger partial charge in [0.2, 0.25) is 0 Å². The number of sulfone groups is 1. The molecule has 0 N–H and O–H groups in total. The summed E-state index contributed by atoms with van der Waals surface area (Å²) in [6, 6.07) is 9.92. The first kappa shape index (κ1) is 19.8. The molecule has 1 atom stereocenters. The van der Waals surface area contributed by atoms with E-state index in [1.165, 1.54) is 22.3 Å². The average Bonchev–Trinajstić information content (AvgIpc) is 3.34. The van der Waals surface area contributed by atoms with E-state index >= 15 is 0 Å². The fraction of sp³-hybridized carbons (Fsp3) is 0.333. The lowest BCUT2D eigenvalue weighted by molar-refractivity contribution is 0.0651. The normalized spacial score (nSPS) is 18.2. The highest BCUT2D eigenvalue weighted by Crippen LogP contribution is 2.24. The molecule has 3 aromatic rings. The summed E-state index contributed by atoms with van der Waals surface area (Å²) in [6.45, 7) is 2.28. The Morgan fingerprint density at radius 3 is 2.76 bits per heavy atom. The third-order valence-electron chi connectivity index (χ3n) is 5.23. The van der Waals surface area contributed by atoms with Crippen LogP contribution in [0.1, 0.15) is 34.3 Å². The molecule has 3 heterocycles. The van der Waals surface area contributed by atoms with Crippen molar-refractivity contribution in [3.8, 4) is 0 Å². The van der Waals surface area contributed by atoms with Gasteiger partial charge in [-0.15, -0.1) is 11.3 Å². The van der Waals surface area contributed by atoms with E-state index in [0.717, 1.165) is 16.9 Å². The Labute approximate surface area is 172 Å². The van der Waals surface area contributed by atoms with Gasteiger partial charge in [-0.2, -0.15) is 0 Å². The Bertz CT molecular complexity index is 1210. The van der Waals surface area contributed by atoms with Crippen LogP contribution in [-0.4, -0.2) is 36.8 Å². The van der Waals surface area contributed by atoms with Crippen molar-refractivity contribution in [1.82, 2.24) is 4.90 Å². The van der Waals surface area contributed by atoms with Gasteiger partial charge in [-0.3, -0.25) is 9.59 Å². The predicted molar refractivity (Wildman–Crippen MR) is 113 cm³/mol. The molecule has 1 amide bonds. The summed E-state index contributed by atoms with van der Waals surface area (Å²) in [6.07, 6.45) is 1.18. The minimum atomic E-state index is -3.17. The zero-order chi connectivity index (χ0) is 20.6. The second kappa shape index (κ2) is 7.76. The average molecular weight is 432 g/mol. The maximum Gasteiger partial charge on any atom is 0.290 e. The van der Waals surface area contributed by atoms with E-state index in [2.05, 4.69) is 0 Å². The van der Waals surface area contributed by atoms with Crippen LogP contribution in [-0.2, 0) is 22.8 Å². The number of aryl methyl sites for hydroxylation is 1. The number of carbonyl (C=O) groups excluding carboxylic acids is 1. The smallest absolute Gasteiger partial charge is 0.290 e. The molecule has 0 radical (unpaired) electrons. The third kappa shape index (κ3) is 4.13. The van der Waals surface area contributed by atoms with E-state index in [9.17, 15) is 18.0 Å². The lowest BCUT2D eigenvalue weighted by Crippen LogP contribution is -2.40. The minimum absolute atomic E-state index is 0.0624. The molecule has 1 aromatic carbocycles. The van der Waals surface area contributed by atoms with E-state index < -0.39 is 21.8 Å². The number of nitrogens with zero attached hydrogens (tertiary/aromatic N) is 1. The Morgan fingerprint density at radius 2 is 2.10 bits per heavy atom. The van der Waals surface area contributed by atoms with Crippen molar-refractivity contribution in [3.63, 3.8) is 0 Å². The lowest BCUT2D eigenvalue weighted by atomic mass is 10.1. The fourth-order valence-electron chi connectivity index (χ4n) is 3.63. The first-order valence-corrected chi connectivity index (χ1v) is 12.2. The van der Waals surface area contributed by atoms with Gasteiger partial charge in [0.15, 0.2) is 21.0 Å². The van der Waals surface area contributed by atoms with Crippen LogP contribution >= 0.6 is 11.3 Å². The van der Waals surface area contributed by atoms with Crippen LogP contribution in [0.5, 0.6) is 0 Å². The molecule has 6 nitrogen and oxygen atoms in total. The second-order valence-corrected chi connectivity index (χ2v) is 10.5. The number of hydrogen-bond acceptors (Lipinski definition) is 6. The van der Waals surface area contributed by atoms with Gasteiger partial charge in [-0.05, 0) is 42.0 Å². The molecule has 1 saturated heterocycles. The topological polar surface area (TPSA) is 84.7 Å². The Morgan fingerprint density at radius 1 is 1.28 bits per heavy atom. The molecule has 0 spiro atoms. The van der Waals surface area contributed by atoms with E-state index in [0.29, 0.717) is 17.4 Å². The van der Waals surface area contributed by atoms with Crippen LogP contribution in [0.3, 0.4) is 0 Å². The highest BCUT2D eigenvalue weighted by Gasteiger charge is 2.36. The maximum absolute atomic E-state index is 13.3. The molecule has 152 valence electrons. The lowest BCUT2D eigenvalue weighted by Gasteiger charge is -2.27. The zero-order valence-corrected chi connectivity index (χ0v) is 17.6. The maximum atomic E-state index is 13.3. The predicted octanol–water partition coefficient (Wildman–Crippen LogP) is 3.25. The molecule has 1 unspecified atom stereocenters. The summed E-state index contributed by atoms with van der Waals surface area (Å²) in [5, 5.41) is 2.35. The van der Waals surface area contributed by atoms with Gasteiger partial charge in [-0.1, -0.05) is 19.1 Å². The zero-order valence-electron chi connectivity index (χ0n) is 16.0. The van der Waals surface area contributed by atoms with Crippen molar-refractivity contribution >= 4 is 38.1 Å². The van der Waals surface area contributed by atoms with E-state index in [1.54, 1.807) is 12.1 Å². The molecular weight excluding hydrogens is 410 g/mol. The van der Waals surface area contributed by atoms with Gasteiger partial charge in [0, 0.05) is 17.0 Å². The van der Waals surface area contributed by atoms with Crippen molar-refractivity contribution in [2.75, 3.05) is 11.5 Å². The summed E-state index contributed by atoms with van der Waals surface area (Å²) in [4.78, 5) is 28.4. The van der Waals surface area contributed by atoms with Crippen LogP contribution in [0.25, 0.3) is 11.0 Å². The quantitative estimate of drug-likeness (QED) is 0.619. The van der Waals surface area contributed by atoms with Crippen molar-refractivity contribution in [1.29, 1.82) is 0 Å². The first-order chi connectivity index (χ1) is 13.9. The Kier molecular flexibility index (Phi) is 5.31. The monoisotopic (exact) mass is 431 g/mol. The van der Waals surface area contributed by atoms with E-state index in [4.69, 9.17) is 4.42 Å². The standard InChI is InChI=1S/C21H21NO5S2/c1-2-14-5-6-19-17(10-14)18(23)11-20(27-19)21(24)22(12-16-4-3-8-28-16)15-7-9-29(25,26)13-15/h3-6,8,10-11,15H,2,7,9,12-13H2,1H3. The third-order valence-corrected chi connectivity index (χ3v) is 7.84. The van der Waals surface area contributed by atoms with Crippen LogP contribution < -0.4 is 5.43 Å². The van der Waals surface area contributed by atoms with Crippen molar-refractivity contribution in [3.05, 3.63) is 68.2 Å². The summed E-state index contributed by atoms with van der Waals surface area (Å²) < 4.78 is 29.8. The van der Waals surface area contributed by atoms with E-state index in [-0.39, 0.29) is 29.2 Å². The number of amides is 1. The molecule has 0 bridgehead atoms. The number of rotatable bonds is 5. The number of benzene rings is 1. The molecular formula is C21H21NO5S2. The SMILES string of the molecule is CCc1ccc2oc(C(=O)N(Cc3cccs3)C3CCS(=O)(=O)C3)cc(=O)c2c1. The summed E-state index contributed by atoms with van der Waals surface area (Å²) >= 11 is 1.50. The van der Waals surface area contributed by atoms with Gasteiger partial charge in [0.05, 0.1) is 23.4 Å². The van der Waals surface area contributed by atoms with E-state index in [1.807, 2.05) is 30.5 Å². The fourth-order valence-corrected chi connectivity index (χ4v) is 6.06. The first-order valence-electron chi connectivity index (χ1n) is 9.47. The highest BCUT2D eigenvalue weighted by molar-refractivity contribution is 7.91. The van der Waals surface area contributed by atoms with Crippen LogP contribution in [0, 0.1) is 0 Å². The highest BCUT2D eigenvalue weighted by atomic mass is 32.2. The minimum Gasteiger partial charge on any atom is -0.451 e. The van der Waals surface area contributed by atoms with Gasteiger partial charge in [0.1, 0.15) is 5.58 Å². The van der Waals surface area contributed by atoms with Crippen molar-refractivity contribution in [2.24, 2.45) is 0 Å². The molecule has 1 aliphatic heterocycles. The largest absolute Gasteiger partial charge is 0.451 e. The number of carbonyl (C=O) groups is 1. The molecule has 1 fully saturated rings. The van der Waals surface area contributed by atoms with Crippen molar-refractivity contribution in [2.45, 2.75) is 32.4 Å². The molecule has 1 aliphatic rings. The Hall–Kier alpha value is -2.45. The van der Waals surface area contributed by atoms with Gasteiger partial charge in [-0.25, -0.2) is 8.42 Å². The summed E-state index contributed by atoms with van der Waals surface area (Å²) in [7, 11) is -3.17. The number of fused-ring (bicyclic) bond motifs is 1. The van der Waals surface area contributed by atoms with Crippen LogP contribution in [0.2, 0.25) is 0 Å². The summed E-state index contributed by atoms with van der Waals surface area (Å²) in [5.41, 5.74) is 1.09. The van der Waals surface area contributed by atoms with Crippen LogP contribution in [0.15, 0.2) is 51.0 Å². The van der Waals surface area contributed by atoms with Gasteiger partial charge in [0.25, 0.3) is 5.91 Å². The second-order valence-electron chi connectivity index (χ2n) is 7.23. The van der Waals surface area contributed by atoms with Gasteiger partial charge >= 0.3 is 0 Å². The van der Waals surface area contributed by atoms with Crippen LogP contribution in [0.4, 0.5) is 0 Å². The molecule has 4 rings (SSSR count). The molecule has 8 heteroatoms. The molecule has 0 saturated carbocycles. The molecule has 2 aromatic heterocycles. The Balaban J connectivity index is 1.72. The summed E-state index contributed by atoms with van der Waals surface area (Å²) in [5.74, 6) is -0.526. The molecule has 0 aliphatic carbocycles. The number of thiophene rings is 1. The molecule has 29 heavy (non-hydrogen) atoms. The van der Waals surface area contributed by atoms with Crippen molar-refractivity contribution < 1.29 is 17.6 Å². The number of hydrogen-bond donors (Lipinski definition) is 0.